The van der Waals surface area contributed by atoms with Crippen LogP contribution in [0.1, 0.15) is 43.7 Å². The average Bonchev–Trinajstić information content (AvgIpc) is 2.62. The molecule has 2 aliphatic heterocycles. The van der Waals surface area contributed by atoms with Crippen LogP contribution >= 0.6 is 0 Å². The van der Waals surface area contributed by atoms with E-state index in [0.29, 0.717) is 17.9 Å². The van der Waals surface area contributed by atoms with Crippen molar-refractivity contribution in [1.82, 2.24) is 4.90 Å². The van der Waals surface area contributed by atoms with Crippen LogP contribution in [0.4, 0.5) is 0 Å². The van der Waals surface area contributed by atoms with Crippen molar-refractivity contribution in [3.05, 3.63) is 35.4 Å². The van der Waals surface area contributed by atoms with E-state index in [-0.39, 0.29) is 0 Å². The Balaban J connectivity index is 1.71. The van der Waals surface area contributed by atoms with Gasteiger partial charge in [0.1, 0.15) is 5.78 Å². The number of fused-ring (bicyclic) bond motifs is 2. The van der Waals surface area contributed by atoms with Gasteiger partial charge in [-0.25, -0.2) is 0 Å². The number of aryl methyl sites for hydroxylation is 1. The van der Waals surface area contributed by atoms with Gasteiger partial charge in [-0.05, 0) is 30.4 Å². The Morgan fingerprint density at radius 2 is 1.61 bits per heavy atom. The Bertz CT molecular complexity index is 421. The van der Waals surface area contributed by atoms with Crippen LogP contribution < -0.4 is 0 Å². The SMILES string of the molecule is CCc1ccc(CN2C3CCC2CC(=O)C3)cc1. The highest BCUT2D eigenvalue weighted by Gasteiger charge is 2.39. The van der Waals surface area contributed by atoms with Crippen LogP contribution in [-0.2, 0) is 17.8 Å². The van der Waals surface area contributed by atoms with E-state index in [4.69, 9.17) is 0 Å². The van der Waals surface area contributed by atoms with Gasteiger partial charge >= 0.3 is 0 Å². The predicted octanol–water partition coefficient (Wildman–Crippen LogP) is 2.94. The molecule has 2 heteroatoms. The van der Waals surface area contributed by atoms with E-state index < -0.39 is 0 Å². The van der Waals surface area contributed by atoms with Crippen LogP contribution in [0.2, 0.25) is 0 Å². The lowest BCUT2D eigenvalue weighted by molar-refractivity contribution is -0.123. The number of nitrogens with zero attached hydrogens (tertiary/aromatic N) is 1. The summed E-state index contributed by atoms with van der Waals surface area (Å²) in [5, 5.41) is 0. The van der Waals surface area contributed by atoms with Crippen LogP contribution in [-0.4, -0.2) is 22.8 Å². The second-order valence-corrected chi connectivity index (χ2v) is 5.67. The van der Waals surface area contributed by atoms with Gasteiger partial charge in [-0.3, -0.25) is 9.69 Å². The molecule has 2 bridgehead atoms. The minimum Gasteiger partial charge on any atom is -0.300 e. The van der Waals surface area contributed by atoms with Gasteiger partial charge < -0.3 is 0 Å². The minimum absolute atomic E-state index is 0.472. The summed E-state index contributed by atoms with van der Waals surface area (Å²) < 4.78 is 0. The Kier molecular flexibility index (Phi) is 3.21. The lowest BCUT2D eigenvalue weighted by atomic mass is 10.00. The third kappa shape index (κ3) is 2.22. The van der Waals surface area contributed by atoms with Crippen molar-refractivity contribution < 1.29 is 4.79 Å². The molecule has 2 saturated heterocycles. The molecule has 2 atom stereocenters. The van der Waals surface area contributed by atoms with Crippen molar-refractivity contribution in [2.75, 3.05) is 0 Å². The molecule has 2 aliphatic rings. The molecule has 1 aromatic rings. The Morgan fingerprint density at radius 3 is 2.17 bits per heavy atom. The van der Waals surface area contributed by atoms with Gasteiger partial charge in [0.15, 0.2) is 0 Å². The van der Waals surface area contributed by atoms with Gasteiger partial charge in [0.05, 0.1) is 0 Å². The lowest BCUT2D eigenvalue weighted by Gasteiger charge is -2.33. The smallest absolute Gasteiger partial charge is 0.136 e. The number of benzene rings is 1. The molecule has 2 unspecified atom stereocenters. The van der Waals surface area contributed by atoms with Crippen LogP contribution in [0.3, 0.4) is 0 Å². The zero-order chi connectivity index (χ0) is 12.5. The molecule has 96 valence electrons. The van der Waals surface area contributed by atoms with Crippen molar-refractivity contribution >= 4 is 5.78 Å². The molecule has 3 rings (SSSR count). The zero-order valence-corrected chi connectivity index (χ0v) is 11.1. The first-order chi connectivity index (χ1) is 8.76. The number of carbonyl (C=O) groups is 1. The summed E-state index contributed by atoms with van der Waals surface area (Å²) in [6.07, 6.45) is 5.09. The first kappa shape index (κ1) is 11.9. The molecule has 2 heterocycles. The van der Waals surface area contributed by atoms with Gasteiger partial charge in [0, 0.05) is 31.5 Å². The van der Waals surface area contributed by atoms with Crippen LogP contribution in [0, 0.1) is 0 Å². The standard InChI is InChI=1S/C16H21NO/c1-2-12-3-5-13(6-4-12)11-17-14-7-8-15(17)10-16(18)9-14/h3-6,14-15H,2,7-11H2,1H3. The van der Waals surface area contributed by atoms with Gasteiger partial charge in [-0.1, -0.05) is 31.2 Å². The van der Waals surface area contributed by atoms with Crippen molar-refractivity contribution in [3.63, 3.8) is 0 Å². The van der Waals surface area contributed by atoms with Gasteiger partial charge in [0.2, 0.25) is 0 Å². The topological polar surface area (TPSA) is 20.3 Å². The largest absolute Gasteiger partial charge is 0.300 e. The number of ketones is 1. The van der Waals surface area contributed by atoms with Crippen molar-refractivity contribution in [3.8, 4) is 0 Å². The number of hydrogen-bond acceptors (Lipinski definition) is 2. The van der Waals surface area contributed by atoms with Crippen LogP contribution in [0.5, 0.6) is 0 Å². The van der Waals surface area contributed by atoms with Crippen LogP contribution in [0.25, 0.3) is 0 Å². The van der Waals surface area contributed by atoms with E-state index in [0.717, 1.165) is 25.8 Å². The molecule has 0 saturated carbocycles. The fourth-order valence-electron chi connectivity index (χ4n) is 3.41. The van der Waals surface area contributed by atoms with E-state index in [1.165, 1.54) is 24.0 Å². The number of hydrogen-bond donors (Lipinski definition) is 0. The second-order valence-electron chi connectivity index (χ2n) is 5.67. The molecule has 2 nitrogen and oxygen atoms in total. The molecule has 1 aromatic carbocycles. The quantitative estimate of drug-likeness (QED) is 0.813. The van der Waals surface area contributed by atoms with E-state index in [9.17, 15) is 4.79 Å². The normalized spacial score (nSPS) is 27.7. The van der Waals surface area contributed by atoms with E-state index in [2.05, 4.69) is 36.1 Å². The Labute approximate surface area is 109 Å². The minimum atomic E-state index is 0.472. The maximum absolute atomic E-state index is 11.6. The number of rotatable bonds is 3. The van der Waals surface area contributed by atoms with Gasteiger partial charge in [0.25, 0.3) is 0 Å². The van der Waals surface area contributed by atoms with Gasteiger partial charge in [-0.15, -0.1) is 0 Å². The molecule has 0 spiro atoms. The third-order valence-electron chi connectivity index (χ3n) is 4.49. The van der Waals surface area contributed by atoms with Crippen molar-refractivity contribution in [2.24, 2.45) is 0 Å². The molecular weight excluding hydrogens is 222 g/mol. The number of Topliss-reactive ketones (excluding diaryl/α,β-unsaturated/α-hetero) is 1. The maximum atomic E-state index is 11.6. The molecule has 18 heavy (non-hydrogen) atoms. The molecule has 0 aromatic heterocycles. The Hall–Kier alpha value is -1.15. The second kappa shape index (κ2) is 4.85. The average molecular weight is 243 g/mol. The lowest BCUT2D eigenvalue weighted by Crippen LogP contribution is -2.42. The summed E-state index contributed by atoms with van der Waals surface area (Å²) in [5.41, 5.74) is 2.79. The van der Waals surface area contributed by atoms with Crippen molar-refractivity contribution in [2.45, 2.75) is 57.7 Å². The summed E-state index contributed by atoms with van der Waals surface area (Å²) in [6, 6.07) is 9.98. The maximum Gasteiger partial charge on any atom is 0.136 e. The first-order valence-electron chi connectivity index (χ1n) is 7.11. The molecular formula is C16H21NO. The van der Waals surface area contributed by atoms with Crippen molar-refractivity contribution in [1.29, 1.82) is 0 Å². The highest BCUT2D eigenvalue weighted by molar-refractivity contribution is 5.80. The Morgan fingerprint density at radius 1 is 1.06 bits per heavy atom. The summed E-state index contributed by atoms with van der Waals surface area (Å²) in [6.45, 7) is 3.21. The fraction of sp³-hybridized carbons (Fsp3) is 0.562. The molecule has 0 N–H and O–H groups in total. The molecule has 0 aliphatic carbocycles. The fourth-order valence-corrected chi connectivity index (χ4v) is 3.41. The molecule has 0 radical (unpaired) electrons. The van der Waals surface area contributed by atoms with Gasteiger partial charge in [-0.2, -0.15) is 0 Å². The van der Waals surface area contributed by atoms with Crippen LogP contribution in [0.15, 0.2) is 24.3 Å². The van der Waals surface area contributed by atoms with E-state index in [1.807, 2.05) is 0 Å². The summed E-state index contributed by atoms with van der Waals surface area (Å²) in [5.74, 6) is 0.472. The summed E-state index contributed by atoms with van der Waals surface area (Å²) >= 11 is 0. The monoisotopic (exact) mass is 243 g/mol. The highest BCUT2D eigenvalue weighted by atomic mass is 16.1. The predicted molar refractivity (Wildman–Crippen MR) is 72.4 cm³/mol. The number of piperidine rings is 1. The zero-order valence-electron chi connectivity index (χ0n) is 11.1. The number of carbonyl (C=O) groups excluding carboxylic acids is 1. The molecule has 2 fully saturated rings. The third-order valence-corrected chi connectivity index (χ3v) is 4.49. The molecule has 0 amide bonds. The first-order valence-corrected chi connectivity index (χ1v) is 7.11. The summed E-state index contributed by atoms with van der Waals surface area (Å²) in [7, 11) is 0. The van der Waals surface area contributed by atoms with E-state index in [1.54, 1.807) is 0 Å². The summed E-state index contributed by atoms with van der Waals surface area (Å²) in [4.78, 5) is 14.1. The van der Waals surface area contributed by atoms with E-state index >= 15 is 0 Å². The highest BCUT2D eigenvalue weighted by Crippen LogP contribution is 2.35.